The van der Waals surface area contributed by atoms with Crippen LogP contribution in [-0.2, 0) is 6.42 Å². The van der Waals surface area contributed by atoms with E-state index in [0.29, 0.717) is 18.7 Å². The van der Waals surface area contributed by atoms with E-state index in [9.17, 15) is 9.90 Å². The topological polar surface area (TPSA) is 108 Å². The molecule has 0 aliphatic carbocycles. The molecule has 1 aromatic carbocycles. The maximum atomic E-state index is 12.0. The summed E-state index contributed by atoms with van der Waals surface area (Å²) in [6, 6.07) is 13.2. The number of benzene rings is 1. The van der Waals surface area contributed by atoms with Gasteiger partial charge < -0.3 is 10.4 Å². The Morgan fingerprint density at radius 1 is 1.30 bits per heavy atom. The Bertz CT molecular complexity index is 860. The van der Waals surface area contributed by atoms with Gasteiger partial charge in [-0.15, -0.1) is 0 Å². The largest absolute Gasteiger partial charge is 0.373 e. The number of rotatable bonds is 8. The van der Waals surface area contributed by atoms with E-state index in [1.165, 1.54) is 0 Å². The van der Waals surface area contributed by atoms with Gasteiger partial charge in [0.15, 0.2) is 5.69 Å². The number of hydrogen-bond donors (Lipinski definition) is 4. The summed E-state index contributed by atoms with van der Waals surface area (Å²) >= 11 is 0. The Morgan fingerprint density at radius 2 is 2.07 bits per heavy atom. The van der Waals surface area contributed by atoms with Crippen molar-refractivity contribution < 1.29 is 9.90 Å². The highest BCUT2D eigenvalue weighted by molar-refractivity contribution is 5.92. The third kappa shape index (κ3) is 4.42. The van der Waals surface area contributed by atoms with Crippen LogP contribution < -0.4 is 10.6 Å². The number of aliphatic hydroxyl groups excluding tert-OH is 1. The summed E-state index contributed by atoms with van der Waals surface area (Å²) in [5, 5.41) is 27.5. The van der Waals surface area contributed by atoms with Crippen LogP contribution in [0.15, 0.2) is 48.7 Å². The number of amides is 1. The summed E-state index contributed by atoms with van der Waals surface area (Å²) < 4.78 is 1.69. The first kappa shape index (κ1) is 18.8. The lowest BCUT2D eigenvalue weighted by molar-refractivity contribution is 0.0957. The number of nitrogens with zero attached hydrogens (tertiary/aromatic N) is 3. The van der Waals surface area contributed by atoms with Crippen molar-refractivity contribution in [2.24, 2.45) is 0 Å². The van der Waals surface area contributed by atoms with Gasteiger partial charge in [0.05, 0.1) is 11.7 Å². The Balaban J connectivity index is 1.81. The molecular weight excluding hydrogens is 344 g/mol. The molecule has 2 heterocycles. The molecule has 0 aliphatic rings. The number of carbonyl (C=O) groups is 1. The number of hydrogen-bond acceptors (Lipinski definition) is 5. The molecule has 1 amide bonds. The lowest BCUT2D eigenvalue weighted by Crippen LogP contribution is -2.27. The monoisotopic (exact) mass is 368 g/mol. The van der Waals surface area contributed by atoms with Crippen LogP contribution in [0.2, 0.25) is 0 Å². The van der Waals surface area contributed by atoms with Crippen molar-refractivity contribution in [2.45, 2.75) is 25.6 Å². The molecule has 142 valence electrons. The summed E-state index contributed by atoms with van der Waals surface area (Å²) in [6.07, 6.45) is 1.43. The first-order valence-corrected chi connectivity index (χ1v) is 8.86. The molecule has 3 aromatic rings. The lowest BCUT2D eigenvalue weighted by Gasteiger charge is -2.19. The molecule has 0 saturated carbocycles. The minimum Gasteiger partial charge on any atom is -0.373 e. The van der Waals surface area contributed by atoms with Crippen LogP contribution in [0.4, 0.5) is 0 Å². The Kier molecular flexibility index (Phi) is 6.00. The molecule has 0 aliphatic heterocycles. The average molecular weight is 368 g/mol. The molecule has 0 radical (unpaired) electrons. The first-order chi connectivity index (χ1) is 13.1. The minimum absolute atomic E-state index is 0.135. The SMILES string of the molecule is CNC(=O)c1cc(C(O)NCCc2ccn[nH]2)n([C@@H](C)c2ccccc2)n1. The van der Waals surface area contributed by atoms with Crippen molar-refractivity contribution in [3.8, 4) is 0 Å². The van der Waals surface area contributed by atoms with Gasteiger partial charge >= 0.3 is 0 Å². The van der Waals surface area contributed by atoms with E-state index in [1.54, 1.807) is 24.0 Å². The molecule has 3 rings (SSSR count). The van der Waals surface area contributed by atoms with E-state index in [2.05, 4.69) is 25.9 Å². The van der Waals surface area contributed by atoms with Crippen LogP contribution in [-0.4, -0.2) is 44.6 Å². The predicted octanol–water partition coefficient (Wildman–Crippen LogP) is 1.40. The van der Waals surface area contributed by atoms with Crippen molar-refractivity contribution in [3.05, 3.63) is 71.3 Å². The fourth-order valence-corrected chi connectivity index (χ4v) is 2.91. The first-order valence-electron chi connectivity index (χ1n) is 8.86. The maximum Gasteiger partial charge on any atom is 0.271 e. The normalized spacial score (nSPS) is 13.3. The summed E-state index contributed by atoms with van der Waals surface area (Å²) in [4.78, 5) is 12.0. The molecule has 4 N–H and O–H groups in total. The standard InChI is InChI=1S/C19H24N6O2/c1-13(14-6-4-3-5-7-14)25-17(12-16(24-25)18(26)20-2)19(27)21-10-8-15-9-11-22-23-15/h3-7,9,11-13,19,21,27H,8,10H2,1-2H3,(H,20,26)(H,22,23)/t13-,19?/m0/s1. The molecule has 1 unspecified atom stereocenters. The summed E-state index contributed by atoms with van der Waals surface area (Å²) in [7, 11) is 1.56. The zero-order valence-corrected chi connectivity index (χ0v) is 15.4. The quantitative estimate of drug-likeness (QED) is 0.450. The number of H-pyrrole nitrogens is 1. The van der Waals surface area contributed by atoms with Crippen molar-refractivity contribution >= 4 is 5.91 Å². The molecule has 2 atom stereocenters. The van der Waals surface area contributed by atoms with E-state index < -0.39 is 6.23 Å². The van der Waals surface area contributed by atoms with Gasteiger partial charge in [-0.2, -0.15) is 10.2 Å². The Hall–Kier alpha value is -2.97. The summed E-state index contributed by atoms with van der Waals surface area (Å²) in [5.74, 6) is -0.292. The van der Waals surface area contributed by atoms with Gasteiger partial charge in [0.25, 0.3) is 5.91 Å². The zero-order chi connectivity index (χ0) is 19.2. The van der Waals surface area contributed by atoms with E-state index in [-0.39, 0.29) is 17.6 Å². The summed E-state index contributed by atoms with van der Waals surface area (Å²) in [5.41, 5.74) is 2.82. The number of aliphatic hydroxyl groups is 1. The van der Waals surface area contributed by atoms with E-state index in [4.69, 9.17) is 0 Å². The second-order valence-electron chi connectivity index (χ2n) is 6.25. The maximum absolute atomic E-state index is 12.0. The van der Waals surface area contributed by atoms with Crippen molar-refractivity contribution in [1.82, 2.24) is 30.6 Å². The Labute approximate surface area is 157 Å². The number of aromatic amines is 1. The predicted molar refractivity (Wildman–Crippen MR) is 101 cm³/mol. The van der Waals surface area contributed by atoms with Gasteiger partial charge in [-0.25, -0.2) is 0 Å². The highest BCUT2D eigenvalue weighted by Crippen LogP contribution is 2.23. The van der Waals surface area contributed by atoms with E-state index >= 15 is 0 Å². The third-order valence-corrected chi connectivity index (χ3v) is 4.44. The van der Waals surface area contributed by atoms with Crippen LogP contribution in [0.1, 0.15) is 46.6 Å². The third-order valence-electron chi connectivity index (χ3n) is 4.44. The molecule has 8 nitrogen and oxygen atoms in total. The average Bonchev–Trinajstić information content (AvgIpc) is 3.37. The van der Waals surface area contributed by atoms with Crippen molar-refractivity contribution in [2.75, 3.05) is 13.6 Å². The van der Waals surface area contributed by atoms with Crippen LogP contribution >= 0.6 is 0 Å². The molecule has 8 heteroatoms. The molecule has 0 bridgehead atoms. The molecule has 2 aromatic heterocycles. The smallest absolute Gasteiger partial charge is 0.271 e. The summed E-state index contributed by atoms with van der Waals surface area (Å²) in [6.45, 7) is 2.53. The van der Waals surface area contributed by atoms with Crippen LogP contribution in [0.25, 0.3) is 0 Å². The van der Waals surface area contributed by atoms with Crippen molar-refractivity contribution in [1.29, 1.82) is 0 Å². The van der Waals surface area contributed by atoms with Gasteiger partial charge in [0.2, 0.25) is 0 Å². The van der Waals surface area contributed by atoms with E-state index in [1.807, 2.05) is 43.3 Å². The van der Waals surface area contributed by atoms with Crippen molar-refractivity contribution in [3.63, 3.8) is 0 Å². The lowest BCUT2D eigenvalue weighted by atomic mass is 10.1. The van der Waals surface area contributed by atoms with Crippen LogP contribution in [0, 0.1) is 0 Å². The minimum atomic E-state index is -0.954. The molecular formula is C19H24N6O2. The van der Waals surface area contributed by atoms with Crippen LogP contribution in [0.5, 0.6) is 0 Å². The molecule has 0 fully saturated rings. The number of aromatic nitrogens is 4. The fraction of sp³-hybridized carbons (Fsp3) is 0.316. The molecule has 0 saturated heterocycles. The Morgan fingerprint density at radius 3 is 2.74 bits per heavy atom. The van der Waals surface area contributed by atoms with Crippen LogP contribution in [0.3, 0.4) is 0 Å². The number of carbonyl (C=O) groups excluding carboxylic acids is 1. The molecule has 27 heavy (non-hydrogen) atoms. The van der Waals surface area contributed by atoms with Gasteiger partial charge in [-0.1, -0.05) is 30.3 Å². The van der Waals surface area contributed by atoms with Gasteiger partial charge in [-0.3, -0.25) is 19.9 Å². The highest BCUT2D eigenvalue weighted by Gasteiger charge is 2.22. The zero-order valence-electron chi connectivity index (χ0n) is 15.4. The molecule has 0 spiro atoms. The van der Waals surface area contributed by atoms with Gasteiger partial charge in [-0.05, 0) is 24.6 Å². The van der Waals surface area contributed by atoms with E-state index in [0.717, 1.165) is 11.3 Å². The fourth-order valence-electron chi connectivity index (χ4n) is 2.91. The van der Waals surface area contributed by atoms with Gasteiger partial charge in [0.1, 0.15) is 6.23 Å². The number of nitrogens with one attached hydrogen (secondary N) is 3. The highest BCUT2D eigenvalue weighted by atomic mass is 16.3. The van der Waals surface area contributed by atoms with Gasteiger partial charge in [0, 0.05) is 31.9 Å². The second kappa shape index (κ2) is 8.61. The second-order valence-corrected chi connectivity index (χ2v) is 6.25.